The Morgan fingerprint density at radius 1 is 1.14 bits per heavy atom. The predicted molar refractivity (Wildman–Crippen MR) is 52.0 cm³/mol. The molecular weight excluding hydrogens is 182 g/mol. The average Bonchev–Trinajstić information content (AvgIpc) is 2.26. The van der Waals surface area contributed by atoms with Crippen LogP contribution in [0.15, 0.2) is 30.3 Å². The molecule has 0 aliphatic heterocycles. The minimum absolute atomic E-state index is 0.328. The minimum Gasteiger partial charge on any atom is -0.383 e. The first-order valence-corrected chi connectivity index (χ1v) is 4.18. The van der Waals surface area contributed by atoms with Crippen LogP contribution in [0, 0.1) is 0 Å². The summed E-state index contributed by atoms with van der Waals surface area (Å²) >= 11 is 0. The van der Waals surface area contributed by atoms with Gasteiger partial charge in [-0.05, 0) is 12.1 Å². The fraction of sp³-hybridized carbons (Fsp3) is 0.200. The summed E-state index contributed by atoms with van der Waals surface area (Å²) in [5.74, 6) is 0. The van der Waals surface area contributed by atoms with Gasteiger partial charge in [-0.25, -0.2) is 0 Å². The first kappa shape index (κ1) is 10.4. The van der Waals surface area contributed by atoms with E-state index in [-0.39, 0.29) is 0 Å². The number of hydrogen-bond donors (Lipinski definition) is 2. The molecule has 1 aromatic carbocycles. The third kappa shape index (κ3) is 2.67. The van der Waals surface area contributed by atoms with Gasteiger partial charge in [-0.15, -0.1) is 0 Å². The summed E-state index contributed by atoms with van der Waals surface area (Å²) in [5.41, 5.74) is 0.686. The molecule has 74 valence electrons. The van der Waals surface area contributed by atoms with Gasteiger partial charge in [0.05, 0.1) is 0 Å². The van der Waals surface area contributed by atoms with Crippen LogP contribution in [0.4, 0.5) is 5.69 Å². The summed E-state index contributed by atoms with van der Waals surface area (Å²) in [6.07, 6.45) is -0.478. The Balaban J connectivity index is 2.66. The average molecular weight is 193 g/mol. The Morgan fingerprint density at radius 2 is 1.79 bits per heavy atom. The largest absolute Gasteiger partial charge is 0.383 e. The van der Waals surface area contributed by atoms with Crippen molar-refractivity contribution in [1.29, 1.82) is 0 Å². The molecule has 0 spiro atoms. The Kier molecular flexibility index (Phi) is 3.82. The van der Waals surface area contributed by atoms with Gasteiger partial charge in [-0.2, -0.15) is 0 Å². The van der Waals surface area contributed by atoms with Crippen molar-refractivity contribution >= 4 is 18.3 Å². The van der Waals surface area contributed by atoms with E-state index in [9.17, 15) is 9.59 Å². The molecule has 0 aromatic heterocycles. The van der Waals surface area contributed by atoms with Crippen LogP contribution in [0.2, 0.25) is 0 Å². The van der Waals surface area contributed by atoms with Crippen molar-refractivity contribution in [3.8, 4) is 0 Å². The lowest BCUT2D eigenvalue weighted by Gasteiger charge is -2.15. The topological polar surface area (TPSA) is 66.4 Å². The van der Waals surface area contributed by atoms with Crippen molar-refractivity contribution in [3.63, 3.8) is 0 Å². The van der Waals surface area contributed by atoms with E-state index in [2.05, 4.69) is 5.32 Å². The number of aliphatic hydroxyl groups is 1. The zero-order valence-electron chi connectivity index (χ0n) is 7.46. The summed E-state index contributed by atoms with van der Waals surface area (Å²) in [7, 11) is 0. The lowest BCUT2D eigenvalue weighted by molar-refractivity contribution is -0.120. The van der Waals surface area contributed by atoms with Crippen LogP contribution in [-0.2, 0) is 9.59 Å². The van der Waals surface area contributed by atoms with Gasteiger partial charge in [0.1, 0.15) is 18.4 Å². The number of anilines is 1. The fourth-order valence-corrected chi connectivity index (χ4v) is 1.01. The maximum atomic E-state index is 10.5. The second kappa shape index (κ2) is 5.14. The molecule has 4 heteroatoms. The van der Waals surface area contributed by atoms with E-state index in [0.717, 1.165) is 0 Å². The molecular formula is C10H11NO3. The molecule has 0 amide bonds. The standard InChI is InChI=1S/C10H11NO3/c12-6-9(10(14)7-13)11-8-4-2-1-3-5-8/h1-7,9-11,14H. The third-order valence-corrected chi connectivity index (χ3v) is 1.76. The number of para-hydroxylation sites is 1. The monoisotopic (exact) mass is 193 g/mol. The quantitative estimate of drug-likeness (QED) is 0.657. The normalized spacial score (nSPS) is 14.1. The molecule has 14 heavy (non-hydrogen) atoms. The number of benzene rings is 1. The maximum absolute atomic E-state index is 10.5. The van der Waals surface area contributed by atoms with Crippen LogP contribution in [-0.4, -0.2) is 29.8 Å². The molecule has 2 atom stereocenters. The van der Waals surface area contributed by atoms with Crippen molar-refractivity contribution in [3.05, 3.63) is 30.3 Å². The molecule has 1 aromatic rings. The van der Waals surface area contributed by atoms with Crippen molar-refractivity contribution in [1.82, 2.24) is 0 Å². The van der Waals surface area contributed by atoms with Gasteiger partial charge in [-0.3, -0.25) is 0 Å². The Bertz CT molecular complexity index is 299. The zero-order valence-corrected chi connectivity index (χ0v) is 7.46. The molecule has 1 rings (SSSR count). The van der Waals surface area contributed by atoms with Crippen molar-refractivity contribution in [2.75, 3.05) is 5.32 Å². The Morgan fingerprint density at radius 3 is 2.29 bits per heavy atom. The first-order chi connectivity index (χ1) is 6.77. The number of rotatable bonds is 5. The van der Waals surface area contributed by atoms with Gasteiger partial charge in [0.25, 0.3) is 0 Å². The van der Waals surface area contributed by atoms with E-state index in [1.165, 1.54) is 0 Å². The molecule has 2 unspecified atom stereocenters. The number of carbonyl (C=O) groups excluding carboxylic acids is 2. The second-order valence-electron chi connectivity index (χ2n) is 2.80. The Labute approximate surface area is 81.6 Å². The highest BCUT2D eigenvalue weighted by Gasteiger charge is 2.16. The lowest BCUT2D eigenvalue weighted by atomic mass is 10.2. The highest BCUT2D eigenvalue weighted by molar-refractivity contribution is 5.73. The number of aliphatic hydroxyl groups excluding tert-OH is 1. The number of hydrogen-bond acceptors (Lipinski definition) is 4. The van der Waals surface area contributed by atoms with Gasteiger partial charge < -0.3 is 20.0 Å². The van der Waals surface area contributed by atoms with Gasteiger partial charge in [0, 0.05) is 5.69 Å². The molecule has 4 nitrogen and oxygen atoms in total. The molecule has 2 N–H and O–H groups in total. The van der Waals surface area contributed by atoms with Crippen molar-refractivity contribution in [2.24, 2.45) is 0 Å². The SMILES string of the molecule is O=CC(O)C(C=O)Nc1ccccc1. The van der Waals surface area contributed by atoms with E-state index in [1.807, 2.05) is 6.07 Å². The third-order valence-electron chi connectivity index (χ3n) is 1.76. The summed E-state index contributed by atoms with van der Waals surface area (Å²) in [6, 6.07) is 8.00. The molecule has 0 bridgehead atoms. The lowest BCUT2D eigenvalue weighted by Crippen LogP contribution is -2.35. The second-order valence-corrected chi connectivity index (χ2v) is 2.80. The number of carbonyl (C=O) groups is 2. The number of aldehydes is 2. The van der Waals surface area contributed by atoms with E-state index in [1.54, 1.807) is 24.3 Å². The summed E-state index contributed by atoms with van der Waals surface area (Å²) < 4.78 is 0. The van der Waals surface area contributed by atoms with E-state index in [0.29, 0.717) is 18.3 Å². The van der Waals surface area contributed by atoms with Crippen LogP contribution in [0.1, 0.15) is 0 Å². The molecule has 0 saturated heterocycles. The van der Waals surface area contributed by atoms with Crippen LogP contribution < -0.4 is 5.32 Å². The molecule has 0 aliphatic rings. The first-order valence-electron chi connectivity index (χ1n) is 4.18. The van der Waals surface area contributed by atoms with E-state index in [4.69, 9.17) is 5.11 Å². The summed E-state index contributed by atoms with van der Waals surface area (Å²) in [5, 5.41) is 11.8. The van der Waals surface area contributed by atoms with Crippen LogP contribution in [0.3, 0.4) is 0 Å². The molecule has 0 radical (unpaired) electrons. The molecule has 0 saturated carbocycles. The van der Waals surface area contributed by atoms with E-state index >= 15 is 0 Å². The minimum atomic E-state index is -1.31. The van der Waals surface area contributed by atoms with Crippen LogP contribution >= 0.6 is 0 Å². The smallest absolute Gasteiger partial charge is 0.151 e. The predicted octanol–water partition coefficient (Wildman–Crippen LogP) is 0.226. The van der Waals surface area contributed by atoms with Gasteiger partial charge in [0.15, 0.2) is 6.29 Å². The van der Waals surface area contributed by atoms with Gasteiger partial charge in [0.2, 0.25) is 0 Å². The molecule has 0 aliphatic carbocycles. The van der Waals surface area contributed by atoms with Crippen LogP contribution in [0.5, 0.6) is 0 Å². The van der Waals surface area contributed by atoms with Crippen LogP contribution in [0.25, 0.3) is 0 Å². The van der Waals surface area contributed by atoms with Gasteiger partial charge >= 0.3 is 0 Å². The van der Waals surface area contributed by atoms with Gasteiger partial charge in [-0.1, -0.05) is 18.2 Å². The fourth-order valence-electron chi connectivity index (χ4n) is 1.01. The molecule has 0 heterocycles. The number of nitrogens with one attached hydrogen (secondary N) is 1. The Hall–Kier alpha value is -1.68. The zero-order chi connectivity index (χ0) is 10.4. The maximum Gasteiger partial charge on any atom is 0.151 e. The summed E-state index contributed by atoms with van der Waals surface area (Å²) in [6.45, 7) is 0. The van der Waals surface area contributed by atoms with Crippen molar-refractivity contribution in [2.45, 2.75) is 12.1 Å². The highest BCUT2D eigenvalue weighted by Crippen LogP contribution is 2.07. The molecule has 0 fully saturated rings. The highest BCUT2D eigenvalue weighted by atomic mass is 16.3. The van der Waals surface area contributed by atoms with E-state index < -0.39 is 12.1 Å². The summed E-state index contributed by atoms with van der Waals surface area (Å²) in [4.78, 5) is 20.8. The van der Waals surface area contributed by atoms with Crippen molar-refractivity contribution < 1.29 is 14.7 Å².